The predicted molar refractivity (Wildman–Crippen MR) is 54.2 cm³/mol. The number of rotatable bonds is 1. The fourth-order valence-electron chi connectivity index (χ4n) is 2.08. The molecule has 0 radical (unpaired) electrons. The molecule has 4 heteroatoms. The number of hydrogen-bond donors (Lipinski definition) is 0. The third kappa shape index (κ3) is 1.56. The number of ketones is 1. The Bertz CT molecular complexity index is 271. The highest BCUT2D eigenvalue weighted by molar-refractivity contribution is 8.00. The molecule has 1 aliphatic heterocycles. The summed E-state index contributed by atoms with van der Waals surface area (Å²) in [6.45, 7) is 0. The minimum atomic E-state index is -0.503. The van der Waals surface area contributed by atoms with Gasteiger partial charge in [0.1, 0.15) is 11.7 Å². The SMILES string of the molecule is COC(=O)C1CSC2(CCC2)CC1=O. The lowest BCUT2D eigenvalue weighted by molar-refractivity contribution is -0.148. The Kier molecular flexibility index (Phi) is 2.56. The number of thioether (sulfide) groups is 1. The zero-order valence-electron chi connectivity index (χ0n) is 8.25. The van der Waals surface area contributed by atoms with Crippen LogP contribution in [0.4, 0.5) is 0 Å². The first-order valence-corrected chi connectivity index (χ1v) is 5.90. The van der Waals surface area contributed by atoms with E-state index in [2.05, 4.69) is 4.74 Å². The van der Waals surface area contributed by atoms with Crippen LogP contribution in [-0.4, -0.2) is 29.4 Å². The molecule has 1 heterocycles. The maximum Gasteiger partial charge on any atom is 0.317 e. The van der Waals surface area contributed by atoms with Crippen LogP contribution in [0.1, 0.15) is 25.7 Å². The maximum absolute atomic E-state index is 11.7. The Hall–Kier alpha value is -0.510. The minimum Gasteiger partial charge on any atom is -0.468 e. The summed E-state index contributed by atoms with van der Waals surface area (Å²) in [5, 5.41) is 0. The van der Waals surface area contributed by atoms with Crippen LogP contribution >= 0.6 is 11.8 Å². The highest BCUT2D eigenvalue weighted by Crippen LogP contribution is 2.50. The van der Waals surface area contributed by atoms with Crippen LogP contribution in [0.25, 0.3) is 0 Å². The van der Waals surface area contributed by atoms with Crippen LogP contribution in [0.3, 0.4) is 0 Å². The average Bonchev–Trinajstić information content (AvgIpc) is 2.14. The summed E-state index contributed by atoms with van der Waals surface area (Å²) in [4.78, 5) is 22.9. The van der Waals surface area contributed by atoms with Crippen LogP contribution in [-0.2, 0) is 14.3 Å². The van der Waals surface area contributed by atoms with Gasteiger partial charge in [-0.1, -0.05) is 6.42 Å². The third-order valence-electron chi connectivity index (χ3n) is 3.19. The van der Waals surface area contributed by atoms with Crippen molar-refractivity contribution in [2.75, 3.05) is 12.9 Å². The Morgan fingerprint density at radius 1 is 1.57 bits per heavy atom. The van der Waals surface area contributed by atoms with Gasteiger partial charge in [0, 0.05) is 16.9 Å². The molecule has 2 fully saturated rings. The van der Waals surface area contributed by atoms with E-state index in [0.29, 0.717) is 12.2 Å². The van der Waals surface area contributed by atoms with E-state index in [0.717, 1.165) is 12.8 Å². The molecule has 1 spiro atoms. The zero-order valence-corrected chi connectivity index (χ0v) is 9.06. The van der Waals surface area contributed by atoms with E-state index in [4.69, 9.17) is 0 Å². The summed E-state index contributed by atoms with van der Waals surface area (Å²) in [5.41, 5.74) is 0. The molecule has 1 atom stereocenters. The van der Waals surface area contributed by atoms with Gasteiger partial charge in [0.25, 0.3) is 0 Å². The molecule has 2 aliphatic rings. The summed E-state index contributed by atoms with van der Waals surface area (Å²) >= 11 is 1.79. The van der Waals surface area contributed by atoms with Crippen molar-refractivity contribution in [3.05, 3.63) is 0 Å². The summed E-state index contributed by atoms with van der Waals surface area (Å²) < 4.78 is 4.80. The lowest BCUT2D eigenvalue weighted by Crippen LogP contribution is -2.45. The molecule has 0 aromatic rings. The Labute approximate surface area is 87.6 Å². The largest absolute Gasteiger partial charge is 0.468 e. The summed E-state index contributed by atoms with van der Waals surface area (Å²) in [6.07, 6.45) is 4.06. The second kappa shape index (κ2) is 3.57. The van der Waals surface area contributed by atoms with Gasteiger partial charge >= 0.3 is 5.97 Å². The second-order valence-electron chi connectivity index (χ2n) is 4.07. The molecule has 1 saturated carbocycles. The molecular formula is C10H14O3S. The standard InChI is InChI=1S/C10H14O3S/c1-13-9(12)7-6-14-10(3-2-4-10)5-8(7)11/h7H,2-6H2,1H3. The van der Waals surface area contributed by atoms with E-state index in [9.17, 15) is 9.59 Å². The predicted octanol–water partition coefficient (Wildman–Crippen LogP) is 1.40. The Morgan fingerprint density at radius 3 is 2.71 bits per heavy atom. The molecule has 14 heavy (non-hydrogen) atoms. The van der Waals surface area contributed by atoms with E-state index < -0.39 is 5.92 Å². The van der Waals surface area contributed by atoms with Gasteiger partial charge in [0.15, 0.2) is 0 Å². The Morgan fingerprint density at radius 2 is 2.29 bits per heavy atom. The van der Waals surface area contributed by atoms with Crippen molar-refractivity contribution >= 4 is 23.5 Å². The van der Waals surface area contributed by atoms with Crippen LogP contribution in [0.5, 0.6) is 0 Å². The van der Waals surface area contributed by atoms with Gasteiger partial charge in [0.2, 0.25) is 0 Å². The van der Waals surface area contributed by atoms with Crippen molar-refractivity contribution in [2.45, 2.75) is 30.4 Å². The van der Waals surface area contributed by atoms with E-state index in [1.54, 1.807) is 11.8 Å². The molecular weight excluding hydrogens is 200 g/mol. The smallest absolute Gasteiger partial charge is 0.317 e. The number of hydrogen-bond acceptors (Lipinski definition) is 4. The Balaban J connectivity index is 2.00. The van der Waals surface area contributed by atoms with Crippen LogP contribution in [0.2, 0.25) is 0 Å². The minimum absolute atomic E-state index is 0.0790. The lowest BCUT2D eigenvalue weighted by Gasteiger charge is -2.44. The van der Waals surface area contributed by atoms with Gasteiger partial charge in [0.05, 0.1) is 7.11 Å². The summed E-state index contributed by atoms with van der Waals surface area (Å²) in [5.74, 6) is -0.172. The molecule has 0 amide bonds. The van der Waals surface area contributed by atoms with Crippen LogP contribution in [0, 0.1) is 5.92 Å². The summed E-state index contributed by atoms with van der Waals surface area (Å²) in [7, 11) is 1.34. The topological polar surface area (TPSA) is 43.4 Å². The van der Waals surface area contributed by atoms with Gasteiger partial charge in [-0.2, -0.15) is 11.8 Å². The third-order valence-corrected chi connectivity index (χ3v) is 4.86. The maximum atomic E-state index is 11.7. The molecule has 2 rings (SSSR count). The van der Waals surface area contributed by atoms with Crippen molar-refractivity contribution in [3.63, 3.8) is 0 Å². The first-order chi connectivity index (χ1) is 6.67. The van der Waals surface area contributed by atoms with Gasteiger partial charge in [-0.15, -0.1) is 0 Å². The van der Waals surface area contributed by atoms with Crippen molar-refractivity contribution in [1.82, 2.24) is 0 Å². The first-order valence-electron chi connectivity index (χ1n) is 4.91. The quantitative estimate of drug-likeness (QED) is 0.489. The molecule has 1 unspecified atom stereocenters. The molecule has 0 aromatic carbocycles. The molecule has 0 aromatic heterocycles. The van der Waals surface area contributed by atoms with Crippen LogP contribution < -0.4 is 0 Å². The monoisotopic (exact) mass is 214 g/mol. The lowest BCUT2D eigenvalue weighted by atomic mass is 9.78. The first kappa shape index (κ1) is 10.0. The van der Waals surface area contributed by atoms with Gasteiger partial charge in [-0.3, -0.25) is 9.59 Å². The van der Waals surface area contributed by atoms with Crippen LogP contribution in [0.15, 0.2) is 0 Å². The number of esters is 1. The van der Waals surface area contributed by atoms with E-state index >= 15 is 0 Å². The molecule has 1 saturated heterocycles. The van der Waals surface area contributed by atoms with Crippen molar-refractivity contribution < 1.29 is 14.3 Å². The normalized spacial score (nSPS) is 29.8. The number of Topliss-reactive ketones (excluding diaryl/α,β-unsaturated/α-hetero) is 1. The number of carbonyl (C=O) groups excluding carboxylic acids is 2. The second-order valence-corrected chi connectivity index (χ2v) is 5.55. The molecule has 0 N–H and O–H groups in total. The number of methoxy groups -OCH3 is 1. The average molecular weight is 214 g/mol. The molecule has 1 aliphatic carbocycles. The number of ether oxygens (including phenoxy) is 1. The molecule has 3 nitrogen and oxygen atoms in total. The number of carbonyl (C=O) groups is 2. The molecule has 78 valence electrons. The van der Waals surface area contributed by atoms with Gasteiger partial charge in [-0.25, -0.2) is 0 Å². The highest BCUT2D eigenvalue weighted by Gasteiger charge is 2.46. The summed E-state index contributed by atoms with van der Waals surface area (Å²) in [6, 6.07) is 0. The van der Waals surface area contributed by atoms with Crippen molar-refractivity contribution in [2.24, 2.45) is 5.92 Å². The fourth-order valence-corrected chi connectivity index (χ4v) is 3.74. The van der Waals surface area contributed by atoms with E-state index in [1.807, 2.05) is 0 Å². The van der Waals surface area contributed by atoms with Crippen molar-refractivity contribution in [3.8, 4) is 0 Å². The molecule has 0 bridgehead atoms. The van der Waals surface area contributed by atoms with Gasteiger partial charge in [-0.05, 0) is 12.8 Å². The highest BCUT2D eigenvalue weighted by atomic mass is 32.2. The van der Waals surface area contributed by atoms with E-state index in [1.165, 1.54) is 13.5 Å². The van der Waals surface area contributed by atoms with E-state index in [-0.39, 0.29) is 16.5 Å². The zero-order chi connectivity index (χ0) is 10.2. The fraction of sp³-hybridized carbons (Fsp3) is 0.800. The van der Waals surface area contributed by atoms with Gasteiger partial charge < -0.3 is 4.74 Å². The van der Waals surface area contributed by atoms with Crippen molar-refractivity contribution in [1.29, 1.82) is 0 Å².